The van der Waals surface area contributed by atoms with Crippen molar-refractivity contribution in [2.45, 2.75) is 32.6 Å². The van der Waals surface area contributed by atoms with Crippen LogP contribution in [-0.4, -0.2) is 72.0 Å². The molecule has 0 aliphatic carbocycles. The van der Waals surface area contributed by atoms with E-state index in [-0.39, 0.29) is 44.1 Å². The molecule has 0 aliphatic rings. The quantitative estimate of drug-likeness (QED) is 0.193. The molecule has 0 amide bonds. The SMILES string of the molecule is C/C=C/CCCCCOC[N+](CCO)(CCO)CC(=O)O. The maximum Gasteiger partial charge on any atom is 0.359 e. The van der Waals surface area contributed by atoms with Crippen LogP contribution >= 0.6 is 0 Å². The van der Waals surface area contributed by atoms with E-state index in [1.165, 1.54) is 0 Å². The summed E-state index contributed by atoms with van der Waals surface area (Å²) in [5.74, 6) is -0.952. The Morgan fingerprint density at radius 1 is 1.14 bits per heavy atom. The van der Waals surface area contributed by atoms with Crippen LogP contribution in [-0.2, 0) is 9.53 Å². The molecule has 0 saturated heterocycles. The van der Waals surface area contributed by atoms with Gasteiger partial charge in [0.25, 0.3) is 0 Å². The second-order valence-electron chi connectivity index (χ2n) is 5.24. The van der Waals surface area contributed by atoms with Gasteiger partial charge in [-0.25, -0.2) is 4.79 Å². The van der Waals surface area contributed by atoms with E-state index < -0.39 is 5.97 Å². The molecule has 124 valence electrons. The number of hydrogen-bond acceptors (Lipinski definition) is 4. The number of aliphatic hydroxyl groups is 2. The predicted molar refractivity (Wildman–Crippen MR) is 80.8 cm³/mol. The van der Waals surface area contributed by atoms with Crippen molar-refractivity contribution in [3.05, 3.63) is 12.2 Å². The molecule has 0 atom stereocenters. The zero-order chi connectivity index (χ0) is 16.0. The molecule has 21 heavy (non-hydrogen) atoms. The third-order valence-corrected chi connectivity index (χ3v) is 3.38. The summed E-state index contributed by atoms with van der Waals surface area (Å²) in [4.78, 5) is 11.0. The lowest BCUT2D eigenvalue weighted by atomic mass is 10.2. The minimum absolute atomic E-state index is 0.0565. The van der Waals surface area contributed by atoms with E-state index in [1.807, 2.05) is 13.0 Å². The fraction of sp³-hybridized carbons (Fsp3) is 0.800. The third kappa shape index (κ3) is 10.4. The number of aliphatic hydroxyl groups excluding tert-OH is 2. The minimum atomic E-state index is -0.952. The minimum Gasteiger partial charge on any atom is -0.477 e. The Kier molecular flexibility index (Phi) is 12.2. The summed E-state index contributed by atoms with van der Waals surface area (Å²) >= 11 is 0. The Labute approximate surface area is 127 Å². The van der Waals surface area contributed by atoms with Gasteiger partial charge in [0.05, 0.1) is 19.8 Å². The Morgan fingerprint density at radius 2 is 1.81 bits per heavy atom. The molecule has 0 heterocycles. The molecule has 6 nitrogen and oxygen atoms in total. The number of hydrogen-bond donors (Lipinski definition) is 3. The average molecular weight is 304 g/mol. The summed E-state index contributed by atoms with van der Waals surface area (Å²) in [5, 5.41) is 27.2. The van der Waals surface area contributed by atoms with Gasteiger partial charge in [0, 0.05) is 0 Å². The van der Waals surface area contributed by atoms with Gasteiger partial charge in [-0.2, -0.15) is 0 Å². The van der Waals surface area contributed by atoms with E-state index in [0.29, 0.717) is 6.61 Å². The van der Waals surface area contributed by atoms with Crippen molar-refractivity contribution in [1.29, 1.82) is 0 Å². The Bertz CT molecular complexity index is 288. The fourth-order valence-electron chi connectivity index (χ4n) is 2.22. The van der Waals surface area contributed by atoms with Gasteiger partial charge < -0.3 is 20.1 Å². The highest BCUT2D eigenvalue weighted by Gasteiger charge is 2.29. The highest BCUT2D eigenvalue weighted by molar-refractivity contribution is 5.67. The Morgan fingerprint density at radius 3 is 2.33 bits per heavy atom. The number of carboxylic acids is 1. The van der Waals surface area contributed by atoms with Crippen LogP contribution < -0.4 is 0 Å². The molecular formula is C15H30NO5+. The summed E-state index contributed by atoms with van der Waals surface area (Å²) in [6, 6.07) is 0. The van der Waals surface area contributed by atoms with Crippen LogP contribution in [0.15, 0.2) is 12.2 Å². The number of unbranched alkanes of at least 4 members (excludes halogenated alkanes) is 3. The van der Waals surface area contributed by atoms with Crippen molar-refractivity contribution in [2.75, 3.05) is 46.2 Å². The van der Waals surface area contributed by atoms with E-state index in [1.54, 1.807) is 0 Å². The van der Waals surface area contributed by atoms with E-state index in [9.17, 15) is 4.79 Å². The second kappa shape index (κ2) is 12.8. The topological polar surface area (TPSA) is 87.0 Å². The zero-order valence-electron chi connectivity index (χ0n) is 13.0. The number of rotatable bonds is 14. The maximum atomic E-state index is 11.0. The van der Waals surface area contributed by atoms with Crippen LogP contribution in [0.5, 0.6) is 0 Å². The predicted octanol–water partition coefficient (Wildman–Crippen LogP) is 0.983. The molecule has 0 fully saturated rings. The standard InChI is InChI=1S/C15H29NO5/c1-2-3-4-5-6-7-12-21-14-16(8-10-17,9-11-18)13-15(19)20/h2-3,17-18H,4-14H2,1H3/p+1/b3-2+. The van der Waals surface area contributed by atoms with Gasteiger partial charge in [-0.1, -0.05) is 18.6 Å². The normalized spacial score (nSPS) is 12.1. The number of carboxylic acid groups (broad SMARTS) is 1. The summed E-state index contributed by atoms with van der Waals surface area (Å²) in [5.41, 5.74) is 0. The molecule has 0 aromatic carbocycles. The van der Waals surface area contributed by atoms with Crippen LogP contribution in [0.25, 0.3) is 0 Å². The average Bonchev–Trinajstić information content (AvgIpc) is 2.41. The fourth-order valence-corrected chi connectivity index (χ4v) is 2.22. The third-order valence-electron chi connectivity index (χ3n) is 3.38. The van der Waals surface area contributed by atoms with Gasteiger partial charge in [-0.05, 0) is 26.2 Å². The van der Waals surface area contributed by atoms with Crippen LogP contribution in [0.3, 0.4) is 0 Å². The van der Waals surface area contributed by atoms with Crippen molar-refractivity contribution in [3.8, 4) is 0 Å². The van der Waals surface area contributed by atoms with Crippen molar-refractivity contribution >= 4 is 5.97 Å². The molecule has 6 heteroatoms. The van der Waals surface area contributed by atoms with Crippen molar-refractivity contribution in [1.82, 2.24) is 0 Å². The number of carbonyl (C=O) groups is 1. The van der Waals surface area contributed by atoms with Gasteiger partial charge in [0.2, 0.25) is 0 Å². The van der Waals surface area contributed by atoms with E-state index in [4.69, 9.17) is 20.1 Å². The smallest absolute Gasteiger partial charge is 0.359 e. The largest absolute Gasteiger partial charge is 0.477 e. The van der Waals surface area contributed by atoms with Gasteiger partial charge in [-0.15, -0.1) is 0 Å². The van der Waals surface area contributed by atoms with Crippen LogP contribution in [0, 0.1) is 0 Å². The highest BCUT2D eigenvalue weighted by Crippen LogP contribution is 2.08. The first-order valence-electron chi connectivity index (χ1n) is 7.57. The monoisotopic (exact) mass is 304 g/mol. The van der Waals surface area contributed by atoms with Crippen molar-refractivity contribution in [2.24, 2.45) is 0 Å². The van der Waals surface area contributed by atoms with Gasteiger partial charge in [0.15, 0.2) is 13.3 Å². The number of aliphatic carboxylic acids is 1. The molecule has 0 unspecified atom stereocenters. The lowest BCUT2D eigenvalue weighted by Crippen LogP contribution is -2.55. The number of allylic oxidation sites excluding steroid dienone is 2. The molecule has 0 aromatic heterocycles. The molecule has 0 aromatic rings. The lowest BCUT2D eigenvalue weighted by Gasteiger charge is -2.35. The second-order valence-corrected chi connectivity index (χ2v) is 5.24. The van der Waals surface area contributed by atoms with Gasteiger partial charge in [-0.3, -0.25) is 4.48 Å². The first-order valence-corrected chi connectivity index (χ1v) is 7.57. The molecule has 0 rings (SSSR count). The van der Waals surface area contributed by atoms with Crippen molar-refractivity contribution in [3.63, 3.8) is 0 Å². The summed E-state index contributed by atoms with van der Waals surface area (Å²) in [6.45, 7) is 2.94. The molecular weight excluding hydrogens is 274 g/mol. The van der Waals surface area contributed by atoms with E-state index in [2.05, 4.69) is 6.08 Å². The zero-order valence-corrected chi connectivity index (χ0v) is 13.0. The van der Waals surface area contributed by atoms with Gasteiger partial charge >= 0.3 is 5.97 Å². The van der Waals surface area contributed by atoms with Gasteiger partial charge in [0.1, 0.15) is 13.1 Å². The van der Waals surface area contributed by atoms with Crippen LogP contribution in [0.2, 0.25) is 0 Å². The summed E-state index contributed by atoms with van der Waals surface area (Å²) in [6.07, 6.45) is 8.38. The molecule has 0 spiro atoms. The number of quaternary nitrogens is 1. The maximum absolute atomic E-state index is 11.0. The molecule has 0 bridgehead atoms. The Balaban J connectivity index is 4.07. The van der Waals surface area contributed by atoms with E-state index >= 15 is 0 Å². The first-order chi connectivity index (χ1) is 10.1. The van der Waals surface area contributed by atoms with Crippen LogP contribution in [0.1, 0.15) is 32.6 Å². The molecule has 0 aliphatic heterocycles. The first kappa shape index (κ1) is 20.1. The number of nitrogens with zero attached hydrogens (tertiary/aromatic N) is 1. The van der Waals surface area contributed by atoms with Crippen LogP contribution in [0.4, 0.5) is 0 Å². The van der Waals surface area contributed by atoms with E-state index in [0.717, 1.165) is 25.7 Å². The summed E-state index contributed by atoms with van der Waals surface area (Å²) in [7, 11) is 0. The number of ether oxygens (including phenoxy) is 1. The molecule has 0 radical (unpaired) electrons. The molecule has 3 N–H and O–H groups in total. The highest BCUT2D eigenvalue weighted by atomic mass is 16.5. The summed E-state index contributed by atoms with van der Waals surface area (Å²) < 4.78 is 5.64. The Hall–Kier alpha value is -0.950. The lowest BCUT2D eigenvalue weighted by molar-refractivity contribution is -0.939. The molecule has 0 saturated carbocycles. The van der Waals surface area contributed by atoms with Crippen molar-refractivity contribution < 1.29 is 29.3 Å².